The number of benzene rings is 1. The summed E-state index contributed by atoms with van der Waals surface area (Å²) in [6.45, 7) is 4.47. The SMILES string of the molecule is CCC(C)CC(Br)Cc1ccc(F)cc1. The molecule has 15 heavy (non-hydrogen) atoms. The number of alkyl halides is 1. The van der Waals surface area contributed by atoms with Crippen molar-refractivity contribution in [3.8, 4) is 0 Å². The Bertz CT molecular complexity index is 281. The molecule has 0 heterocycles. The first-order valence-electron chi connectivity index (χ1n) is 5.50. The molecule has 0 aliphatic rings. The second-order valence-corrected chi connectivity index (χ2v) is 5.47. The van der Waals surface area contributed by atoms with Gasteiger partial charge in [0.25, 0.3) is 0 Å². The maximum Gasteiger partial charge on any atom is 0.123 e. The van der Waals surface area contributed by atoms with Gasteiger partial charge in [-0.05, 0) is 36.5 Å². The first-order valence-corrected chi connectivity index (χ1v) is 6.42. The van der Waals surface area contributed by atoms with E-state index in [0.717, 1.165) is 12.3 Å². The van der Waals surface area contributed by atoms with E-state index in [-0.39, 0.29) is 5.82 Å². The van der Waals surface area contributed by atoms with Crippen LogP contribution in [0.25, 0.3) is 0 Å². The Labute approximate surface area is 100 Å². The van der Waals surface area contributed by atoms with E-state index in [1.165, 1.54) is 30.5 Å². The highest BCUT2D eigenvalue weighted by Gasteiger charge is 2.09. The lowest BCUT2D eigenvalue weighted by Crippen LogP contribution is -2.08. The van der Waals surface area contributed by atoms with Crippen molar-refractivity contribution in [2.75, 3.05) is 0 Å². The van der Waals surface area contributed by atoms with Gasteiger partial charge in [0.2, 0.25) is 0 Å². The fourth-order valence-corrected chi connectivity index (χ4v) is 2.57. The van der Waals surface area contributed by atoms with E-state index >= 15 is 0 Å². The van der Waals surface area contributed by atoms with E-state index in [2.05, 4.69) is 29.8 Å². The zero-order chi connectivity index (χ0) is 11.3. The molecule has 1 aromatic carbocycles. The summed E-state index contributed by atoms with van der Waals surface area (Å²) in [7, 11) is 0. The molecule has 0 bridgehead atoms. The summed E-state index contributed by atoms with van der Waals surface area (Å²) >= 11 is 3.68. The molecule has 0 N–H and O–H groups in total. The van der Waals surface area contributed by atoms with Crippen LogP contribution < -0.4 is 0 Å². The van der Waals surface area contributed by atoms with Crippen LogP contribution in [0.15, 0.2) is 24.3 Å². The van der Waals surface area contributed by atoms with Gasteiger partial charge in [0.1, 0.15) is 5.82 Å². The molecule has 0 saturated carbocycles. The molecule has 0 fully saturated rings. The monoisotopic (exact) mass is 272 g/mol. The highest BCUT2D eigenvalue weighted by atomic mass is 79.9. The first kappa shape index (κ1) is 12.7. The van der Waals surface area contributed by atoms with Crippen molar-refractivity contribution in [3.05, 3.63) is 35.6 Å². The molecular formula is C13H18BrF. The van der Waals surface area contributed by atoms with E-state index < -0.39 is 0 Å². The Hall–Kier alpha value is -0.370. The Morgan fingerprint density at radius 3 is 2.40 bits per heavy atom. The van der Waals surface area contributed by atoms with E-state index in [4.69, 9.17) is 0 Å². The topological polar surface area (TPSA) is 0 Å². The molecule has 84 valence electrons. The van der Waals surface area contributed by atoms with Crippen LogP contribution in [0, 0.1) is 11.7 Å². The molecule has 0 spiro atoms. The van der Waals surface area contributed by atoms with Crippen LogP contribution in [-0.4, -0.2) is 4.83 Å². The summed E-state index contributed by atoms with van der Waals surface area (Å²) in [5.74, 6) is 0.585. The van der Waals surface area contributed by atoms with Gasteiger partial charge in [0.05, 0.1) is 0 Å². The third-order valence-corrected chi connectivity index (χ3v) is 3.42. The smallest absolute Gasteiger partial charge is 0.123 e. The number of hydrogen-bond donors (Lipinski definition) is 0. The van der Waals surface area contributed by atoms with Crippen LogP contribution >= 0.6 is 15.9 Å². The third-order valence-electron chi connectivity index (χ3n) is 2.73. The van der Waals surface area contributed by atoms with Crippen LogP contribution in [0.3, 0.4) is 0 Å². The molecule has 0 aromatic heterocycles. The quantitative estimate of drug-likeness (QED) is 0.689. The second-order valence-electron chi connectivity index (χ2n) is 4.18. The molecule has 0 radical (unpaired) electrons. The van der Waals surface area contributed by atoms with Crippen molar-refractivity contribution in [2.45, 2.75) is 37.9 Å². The van der Waals surface area contributed by atoms with Gasteiger partial charge in [0.15, 0.2) is 0 Å². The lowest BCUT2D eigenvalue weighted by atomic mass is 9.99. The molecular weight excluding hydrogens is 255 g/mol. The van der Waals surface area contributed by atoms with E-state index in [1.54, 1.807) is 0 Å². The first-order chi connectivity index (χ1) is 7.11. The van der Waals surface area contributed by atoms with E-state index in [0.29, 0.717) is 4.83 Å². The normalized spacial score (nSPS) is 14.9. The molecule has 2 atom stereocenters. The van der Waals surface area contributed by atoms with Crippen molar-refractivity contribution in [3.63, 3.8) is 0 Å². The Morgan fingerprint density at radius 1 is 1.27 bits per heavy atom. The highest BCUT2D eigenvalue weighted by molar-refractivity contribution is 9.09. The largest absolute Gasteiger partial charge is 0.207 e. The van der Waals surface area contributed by atoms with Gasteiger partial charge in [-0.25, -0.2) is 4.39 Å². The van der Waals surface area contributed by atoms with Crippen molar-refractivity contribution in [2.24, 2.45) is 5.92 Å². The molecule has 0 aliphatic carbocycles. The number of rotatable bonds is 5. The maximum absolute atomic E-state index is 12.7. The highest BCUT2D eigenvalue weighted by Crippen LogP contribution is 2.20. The molecule has 0 saturated heterocycles. The molecule has 2 heteroatoms. The minimum Gasteiger partial charge on any atom is -0.207 e. The molecule has 0 nitrogen and oxygen atoms in total. The van der Waals surface area contributed by atoms with Crippen molar-refractivity contribution >= 4 is 15.9 Å². The standard InChI is InChI=1S/C13H18BrF/c1-3-10(2)8-12(14)9-11-4-6-13(15)7-5-11/h4-7,10,12H,3,8-9H2,1-2H3. The fourth-order valence-electron chi connectivity index (χ4n) is 1.56. The van der Waals surface area contributed by atoms with Crippen LogP contribution in [0.1, 0.15) is 32.3 Å². The average Bonchev–Trinajstić information content (AvgIpc) is 2.21. The molecule has 0 aliphatic heterocycles. The number of halogens is 2. The second kappa shape index (κ2) is 6.26. The Morgan fingerprint density at radius 2 is 1.87 bits per heavy atom. The van der Waals surface area contributed by atoms with Crippen molar-refractivity contribution in [1.29, 1.82) is 0 Å². The predicted molar refractivity (Wildman–Crippen MR) is 66.9 cm³/mol. The number of hydrogen-bond acceptors (Lipinski definition) is 0. The van der Waals surface area contributed by atoms with Crippen LogP contribution in [0.2, 0.25) is 0 Å². The summed E-state index contributed by atoms with van der Waals surface area (Å²) in [5, 5.41) is 0. The summed E-state index contributed by atoms with van der Waals surface area (Å²) in [6.07, 6.45) is 3.37. The van der Waals surface area contributed by atoms with Gasteiger partial charge in [-0.1, -0.05) is 48.3 Å². The fraction of sp³-hybridized carbons (Fsp3) is 0.538. The van der Waals surface area contributed by atoms with Gasteiger partial charge >= 0.3 is 0 Å². The molecule has 2 unspecified atom stereocenters. The molecule has 0 amide bonds. The van der Waals surface area contributed by atoms with Gasteiger partial charge in [-0.15, -0.1) is 0 Å². The zero-order valence-corrected chi connectivity index (χ0v) is 10.9. The third kappa shape index (κ3) is 4.78. The van der Waals surface area contributed by atoms with Gasteiger partial charge < -0.3 is 0 Å². The minimum atomic E-state index is -0.160. The van der Waals surface area contributed by atoms with Gasteiger partial charge in [-0.3, -0.25) is 0 Å². The van der Waals surface area contributed by atoms with Crippen molar-refractivity contribution in [1.82, 2.24) is 0 Å². The molecule has 1 rings (SSSR count). The summed E-state index contributed by atoms with van der Waals surface area (Å²) < 4.78 is 12.7. The van der Waals surface area contributed by atoms with E-state index in [9.17, 15) is 4.39 Å². The summed E-state index contributed by atoms with van der Waals surface area (Å²) in [5.41, 5.74) is 1.20. The zero-order valence-electron chi connectivity index (χ0n) is 9.34. The Balaban J connectivity index is 2.44. The predicted octanol–water partition coefficient (Wildman–Crippen LogP) is 4.57. The van der Waals surface area contributed by atoms with E-state index in [1.807, 2.05) is 12.1 Å². The lowest BCUT2D eigenvalue weighted by Gasteiger charge is -2.14. The van der Waals surface area contributed by atoms with Crippen molar-refractivity contribution < 1.29 is 4.39 Å². The van der Waals surface area contributed by atoms with Crippen LogP contribution in [0.5, 0.6) is 0 Å². The average molecular weight is 273 g/mol. The maximum atomic E-state index is 12.7. The minimum absolute atomic E-state index is 0.160. The van der Waals surface area contributed by atoms with Crippen LogP contribution in [0.4, 0.5) is 4.39 Å². The van der Waals surface area contributed by atoms with Gasteiger partial charge in [0, 0.05) is 4.83 Å². The van der Waals surface area contributed by atoms with Crippen LogP contribution in [-0.2, 0) is 6.42 Å². The lowest BCUT2D eigenvalue weighted by molar-refractivity contribution is 0.507. The summed E-state index contributed by atoms with van der Waals surface area (Å²) in [6, 6.07) is 6.77. The Kier molecular flexibility index (Phi) is 5.30. The van der Waals surface area contributed by atoms with Gasteiger partial charge in [-0.2, -0.15) is 0 Å². The summed E-state index contributed by atoms with van der Waals surface area (Å²) in [4.78, 5) is 0.498. The molecule has 1 aromatic rings.